The van der Waals surface area contributed by atoms with Crippen molar-refractivity contribution in [3.63, 3.8) is 0 Å². The highest BCUT2D eigenvalue weighted by molar-refractivity contribution is 5.66. The Bertz CT molecular complexity index is 571. The summed E-state index contributed by atoms with van der Waals surface area (Å²) in [5, 5.41) is 0. The largest absolute Gasteiger partial charge is 0.496 e. The number of anilines is 2. The van der Waals surface area contributed by atoms with Crippen LogP contribution >= 0.6 is 0 Å². The highest BCUT2D eigenvalue weighted by atomic mass is 16.5. The molecule has 0 saturated carbocycles. The minimum absolute atomic E-state index is 0.302. The molecule has 4 heteroatoms. The van der Waals surface area contributed by atoms with Gasteiger partial charge in [-0.05, 0) is 31.0 Å². The van der Waals surface area contributed by atoms with E-state index in [-0.39, 0.29) is 0 Å². The van der Waals surface area contributed by atoms with Gasteiger partial charge in [0.05, 0.1) is 24.7 Å². The molecule has 2 aromatic rings. The van der Waals surface area contributed by atoms with Crippen molar-refractivity contribution in [3.05, 3.63) is 48.3 Å². The second kappa shape index (κ2) is 6.28. The van der Waals surface area contributed by atoms with Gasteiger partial charge in [-0.2, -0.15) is 0 Å². The predicted octanol–water partition coefficient (Wildman–Crippen LogP) is 2.74. The zero-order valence-electron chi connectivity index (χ0n) is 12.2. The molecular formula is C16H21N3O. The van der Waals surface area contributed by atoms with Crippen LogP contribution in [0.2, 0.25) is 0 Å². The summed E-state index contributed by atoms with van der Waals surface area (Å²) in [4.78, 5) is 6.20. The smallest absolute Gasteiger partial charge is 0.122 e. The number of methoxy groups -OCH3 is 1. The topological polar surface area (TPSA) is 51.4 Å². The minimum atomic E-state index is 0.302. The lowest BCUT2D eigenvalue weighted by Gasteiger charge is -2.28. The monoisotopic (exact) mass is 271 g/mol. The van der Waals surface area contributed by atoms with Crippen LogP contribution in [-0.2, 0) is 6.42 Å². The van der Waals surface area contributed by atoms with Crippen LogP contribution < -0.4 is 15.4 Å². The van der Waals surface area contributed by atoms with Gasteiger partial charge in [0.15, 0.2) is 0 Å². The second-order valence-electron chi connectivity index (χ2n) is 4.91. The van der Waals surface area contributed by atoms with Crippen molar-refractivity contribution in [1.82, 2.24) is 4.98 Å². The molecule has 1 atom stereocenters. The number of nitrogens with two attached hydrogens (primary N) is 1. The molecule has 20 heavy (non-hydrogen) atoms. The molecule has 4 nitrogen and oxygen atoms in total. The van der Waals surface area contributed by atoms with Gasteiger partial charge in [-0.1, -0.05) is 18.2 Å². The van der Waals surface area contributed by atoms with E-state index in [9.17, 15) is 0 Å². The van der Waals surface area contributed by atoms with E-state index in [1.54, 1.807) is 19.5 Å². The first-order valence-electron chi connectivity index (χ1n) is 6.67. The number of likely N-dealkylation sites (N-methyl/N-ethyl adjacent to an activating group) is 1. The zero-order valence-corrected chi connectivity index (χ0v) is 12.2. The Morgan fingerprint density at radius 3 is 2.75 bits per heavy atom. The zero-order chi connectivity index (χ0) is 14.5. The molecule has 2 rings (SSSR count). The number of hydrogen-bond acceptors (Lipinski definition) is 4. The Kier molecular flexibility index (Phi) is 4.45. The van der Waals surface area contributed by atoms with E-state index in [1.807, 2.05) is 31.3 Å². The average Bonchev–Trinajstić information content (AvgIpc) is 2.47. The summed E-state index contributed by atoms with van der Waals surface area (Å²) in [6.45, 7) is 2.17. The fourth-order valence-corrected chi connectivity index (χ4v) is 2.28. The number of hydrogen-bond donors (Lipinski definition) is 1. The molecule has 0 aliphatic heterocycles. The van der Waals surface area contributed by atoms with Crippen LogP contribution in [0.15, 0.2) is 42.7 Å². The van der Waals surface area contributed by atoms with Crippen molar-refractivity contribution in [2.45, 2.75) is 19.4 Å². The summed E-state index contributed by atoms with van der Waals surface area (Å²) in [6.07, 6.45) is 4.34. The molecule has 0 saturated heterocycles. The molecule has 0 radical (unpaired) electrons. The van der Waals surface area contributed by atoms with E-state index in [0.29, 0.717) is 11.7 Å². The molecule has 0 fully saturated rings. The molecule has 106 valence electrons. The van der Waals surface area contributed by atoms with Gasteiger partial charge in [-0.15, -0.1) is 0 Å². The predicted molar refractivity (Wildman–Crippen MR) is 83.2 cm³/mol. The van der Waals surface area contributed by atoms with Gasteiger partial charge in [-0.3, -0.25) is 4.98 Å². The first-order valence-corrected chi connectivity index (χ1v) is 6.67. The van der Waals surface area contributed by atoms with Gasteiger partial charge in [0.1, 0.15) is 5.75 Å². The fraction of sp³-hybridized carbons (Fsp3) is 0.312. The standard InChI is InChI=1S/C16H21N3O/c1-12(10-13-6-4-5-7-16(13)20-3)19(2)15-8-9-18-11-14(15)17/h4-9,11-12H,10,17H2,1-3H3. The van der Waals surface area contributed by atoms with E-state index >= 15 is 0 Å². The Morgan fingerprint density at radius 1 is 1.30 bits per heavy atom. The van der Waals surface area contributed by atoms with Crippen LogP contribution in [0.5, 0.6) is 5.75 Å². The number of aromatic nitrogens is 1. The average molecular weight is 271 g/mol. The van der Waals surface area contributed by atoms with Crippen LogP contribution in [0.1, 0.15) is 12.5 Å². The van der Waals surface area contributed by atoms with Crippen molar-refractivity contribution in [1.29, 1.82) is 0 Å². The van der Waals surface area contributed by atoms with Crippen molar-refractivity contribution in [2.75, 3.05) is 24.8 Å². The van der Waals surface area contributed by atoms with Crippen LogP contribution in [0.3, 0.4) is 0 Å². The van der Waals surface area contributed by atoms with Crippen molar-refractivity contribution in [2.24, 2.45) is 0 Å². The Balaban J connectivity index is 2.16. The van der Waals surface area contributed by atoms with Gasteiger partial charge in [0.2, 0.25) is 0 Å². The van der Waals surface area contributed by atoms with E-state index in [1.165, 1.54) is 5.56 Å². The van der Waals surface area contributed by atoms with Gasteiger partial charge in [-0.25, -0.2) is 0 Å². The number of ether oxygens (including phenoxy) is 1. The number of benzene rings is 1. The third-order valence-corrected chi connectivity index (χ3v) is 3.58. The molecule has 0 spiro atoms. The molecule has 0 amide bonds. The quantitative estimate of drug-likeness (QED) is 0.908. The molecule has 0 bridgehead atoms. The summed E-state index contributed by atoms with van der Waals surface area (Å²) in [5.74, 6) is 0.926. The normalized spacial score (nSPS) is 11.9. The highest BCUT2D eigenvalue weighted by Gasteiger charge is 2.14. The van der Waals surface area contributed by atoms with Crippen LogP contribution in [0, 0.1) is 0 Å². The Labute approximate surface area is 120 Å². The maximum atomic E-state index is 5.98. The Morgan fingerprint density at radius 2 is 2.05 bits per heavy atom. The lowest BCUT2D eigenvalue weighted by atomic mass is 10.0. The third-order valence-electron chi connectivity index (χ3n) is 3.58. The minimum Gasteiger partial charge on any atom is -0.496 e. The number of para-hydroxylation sites is 1. The maximum absolute atomic E-state index is 5.98. The Hall–Kier alpha value is -2.23. The number of rotatable bonds is 5. The number of pyridine rings is 1. The van der Waals surface area contributed by atoms with Crippen LogP contribution in [-0.4, -0.2) is 25.2 Å². The molecular weight excluding hydrogens is 250 g/mol. The maximum Gasteiger partial charge on any atom is 0.122 e. The molecule has 1 unspecified atom stereocenters. The first-order chi connectivity index (χ1) is 9.63. The van der Waals surface area contributed by atoms with Gasteiger partial charge >= 0.3 is 0 Å². The van der Waals surface area contributed by atoms with E-state index in [0.717, 1.165) is 17.9 Å². The SMILES string of the molecule is COc1ccccc1CC(C)N(C)c1ccncc1N. The van der Waals surface area contributed by atoms with Gasteiger partial charge in [0.25, 0.3) is 0 Å². The molecule has 1 aromatic heterocycles. The van der Waals surface area contributed by atoms with E-state index in [4.69, 9.17) is 10.5 Å². The van der Waals surface area contributed by atoms with Gasteiger partial charge in [0, 0.05) is 19.3 Å². The van der Waals surface area contributed by atoms with E-state index < -0.39 is 0 Å². The van der Waals surface area contributed by atoms with Crippen molar-refractivity contribution < 1.29 is 4.74 Å². The van der Waals surface area contributed by atoms with Crippen LogP contribution in [0.25, 0.3) is 0 Å². The summed E-state index contributed by atoms with van der Waals surface area (Å²) < 4.78 is 5.40. The summed E-state index contributed by atoms with van der Waals surface area (Å²) >= 11 is 0. The molecule has 0 aliphatic rings. The fourth-order valence-electron chi connectivity index (χ4n) is 2.28. The number of nitrogens with zero attached hydrogens (tertiary/aromatic N) is 2. The summed E-state index contributed by atoms with van der Waals surface area (Å²) in [7, 11) is 3.75. The molecule has 1 heterocycles. The van der Waals surface area contributed by atoms with Gasteiger partial charge < -0.3 is 15.4 Å². The highest BCUT2D eigenvalue weighted by Crippen LogP contribution is 2.25. The lowest BCUT2D eigenvalue weighted by Crippen LogP contribution is -2.31. The lowest BCUT2D eigenvalue weighted by molar-refractivity contribution is 0.408. The summed E-state index contributed by atoms with van der Waals surface area (Å²) in [5.41, 5.74) is 8.87. The first kappa shape index (κ1) is 14.2. The molecule has 2 N–H and O–H groups in total. The molecule has 1 aromatic carbocycles. The number of nitrogen functional groups attached to an aromatic ring is 1. The summed E-state index contributed by atoms with van der Waals surface area (Å²) in [6, 6.07) is 10.3. The third kappa shape index (κ3) is 3.02. The molecule has 0 aliphatic carbocycles. The van der Waals surface area contributed by atoms with Crippen molar-refractivity contribution in [3.8, 4) is 5.75 Å². The van der Waals surface area contributed by atoms with Crippen molar-refractivity contribution >= 4 is 11.4 Å². The van der Waals surface area contributed by atoms with Crippen LogP contribution in [0.4, 0.5) is 11.4 Å². The van der Waals surface area contributed by atoms with E-state index in [2.05, 4.69) is 22.9 Å². The second-order valence-corrected chi connectivity index (χ2v) is 4.91.